The first-order valence-electron chi connectivity index (χ1n) is 8.85. The van der Waals surface area contributed by atoms with E-state index in [9.17, 15) is 0 Å². The summed E-state index contributed by atoms with van der Waals surface area (Å²) in [5, 5.41) is 3.87. The van der Waals surface area contributed by atoms with Gasteiger partial charge in [0.15, 0.2) is 0 Å². The highest BCUT2D eigenvalue weighted by Crippen LogP contribution is 2.27. The fraction of sp³-hybridized carbons (Fsp3) is 0.429. The molecule has 0 aromatic heterocycles. The molecule has 0 saturated carbocycles. The van der Waals surface area contributed by atoms with Crippen molar-refractivity contribution in [3.63, 3.8) is 0 Å². The normalized spacial score (nSPS) is 18.3. The van der Waals surface area contributed by atoms with Gasteiger partial charge in [0.1, 0.15) is 5.75 Å². The maximum absolute atomic E-state index is 5.66. The number of ether oxygens (including phenoxy) is 1. The molecule has 2 unspecified atom stereocenters. The van der Waals surface area contributed by atoms with Crippen LogP contribution in [-0.2, 0) is 12.8 Å². The molecule has 1 aliphatic rings. The average molecular weight is 309 g/mol. The maximum Gasteiger partial charge on any atom is 0.119 e. The van der Waals surface area contributed by atoms with E-state index in [4.69, 9.17) is 4.74 Å². The quantitative estimate of drug-likeness (QED) is 0.836. The third-order valence-electron chi connectivity index (χ3n) is 4.76. The molecule has 0 bridgehead atoms. The molecule has 1 aliphatic carbocycles. The van der Waals surface area contributed by atoms with Crippen LogP contribution < -0.4 is 10.1 Å². The Morgan fingerprint density at radius 1 is 1.09 bits per heavy atom. The zero-order valence-electron chi connectivity index (χ0n) is 14.2. The first kappa shape index (κ1) is 16.1. The predicted octanol–water partition coefficient (Wildman–Crippen LogP) is 4.68. The van der Waals surface area contributed by atoms with E-state index in [1.165, 1.54) is 23.1 Å². The Morgan fingerprint density at radius 2 is 1.91 bits per heavy atom. The predicted molar refractivity (Wildman–Crippen MR) is 96.0 cm³/mol. The lowest BCUT2D eigenvalue weighted by atomic mass is 9.87. The molecule has 0 fully saturated rings. The lowest BCUT2D eigenvalue weighted by Crippen LogP contribution is -2.37. The third kappa shape index (κ3) is 3.94. The number of fused-ring (bicyclic) bond motifs is 1. The zero-order valence-corrected chi connectivity index (χ0v) is 14.2. The topological polar surface area (TPSA) is 21.3 Å². The Balaban J connectivity index is 1.69. The number of nitrogens with one attached hydrogen (secondary N) is 1. The largest absolute Gasteiger partial charge is 0.494 e. The Morgan fingerprint density at radius 3 is 2.65 bits per heavy atom. The van der Waals surface area contributed by atoms with Crippen LogP contribution in [0.4, 0.5) is 0 Å². The summed E-state index contributed by atoms with van der Waals surface area (Å²) in [6, 6.07) is 18.4. The molecule has 1 N–H and O–H groups in total. The Hall–Kier alpha value is -1.80. The molecule has 2 aromatic rings. The van der Waals surface area contributed by atoms with Gasteiger partial charge in [-0.05, 0) is 61.4 Å². The second-order valence-corrected chi connectivity index (χ2v) is 6.34. The summed E-state index contributed by atoms with van der Waals surface area (Å²) in [4.78, 5) is 0. The molecule has 2 heteroatoms. The van der Waals surface area contributed by atoms with Gasteiger partial charge in [0.05, 0.1) is 6.61 Å². The summed E-state index contributed by atoms with van der Waals surface area (Å²) in [5.74, 6) is 1.00. The van der Waals surface area contributed by atoms with Crippen molar-refractivity contribution >= 4 is 0 Å². The molecule has 2 nitrogen and oxygen atoms in total. The first-order chi connectivity index (χ1) is 11.3. The summed E-state index contributed by atoms with van der Waals surface area (Å²) < 4.78 is 5.66. The van der Waals surface area contributed by atoms with Crippen molar-refractivity contribution in [2.75, 3.05) is 6.61 Å². The average Bonchev–Trinajstić information content (AvgIpc) is 2.60. The number of aryl methyl sites for hydroxylation is 1. The lowest BCUT2D eigenvalue weighted by molar-refractivity contribution is 0.338. The van der Waals surface area contributed by atoms with Gasteiger partial charge in [-0.1, -0.05) is 43.3 Å². The number of rotatable bonds is 6. The van der Waals surface area contributed by atoms with E-state index < -0.39 is 0 Å². The maximum atomic E-state index is 5.66. The van der Waals surface area contributed by atoms with Gasteiger partial charge < -0.3 is 10.1 Å². The second-order valence-electron chi connectivity index (χ2n) is 6.34. The first-order valence-corrected chi connectivity index (χ1v) is 8.85. The highest BCUT2D eigenvalue weighted by molar-refractivity contribution is 5.38. The van der Waals surface area contributed by atoms with Gasteiger partial charge >= 0.3 is 0 Å². The van der Waals surface area contributed by atoms with Crippen LogP contribution in [-0.4, -0.2) is 12.6 Å². The van der Waals surface area contributed by atoms with Crippen molar-refractivity contribution in [1.82, 2.24) is 5.32 Å². The van der Waals surface area contributed by atoms with Gasteiger partial charge in [-0.3, -0.25) is 0 Å². The smallest absolute Gasteiger partial charge is 0.119 e. The minimum atomic E-state index is 0.442. The molecule has 0 amide bonds. The van der Waals surface area contributed by atoms with E-state index in [1.54, 1.807) is 0 Å². The van der Waals surface area contributed by atoms with Crippen LogP contribution in [0.25, 0.3) is 0 Å². The van der Waals surface area contributed by atoms with E-state index in [2.05, 4.69) is 60.8 Å². The number of hydrogen-bond acceptors (Lipinski definition) is 2. The molecule has 2 aromatic carbocycles. The standard InChI is InChI=1S/C21H27NO/c1-3-21(17-8-6-5-7-9-17)22-19-12-10-16-11-13-20(23-4-2)15-18(16)14-19/h5-9,11,13,15,19,21-22H,3-4,10,12,14H2,1-2H3. The van der Waals surface area contributed by atoms with Gasteiger partial charge in [-0.25, -0.2) is 0 Å². The minimum Gasteiger partial charge on any atom is -0.494 e. The van der Waals surface area contributed by atoms with Crippen LogP contribution in [0.5, 0.6) is 5.75 Å². The van der Waals surface area contributed by atoms with Gasteiger partial charge in [0.25, 0.3) is 0 Å². The second kappa shape index (κ2) is 7.65. The van der Waals surface area contributed by atoms with Gasteiger partial charge in [-0.15, -0.1) is 0 Å². The van der Waals surface area contributed by atoms with E-state index >= 15 is 0 Å². The van der Waals surface area contributed by atoms with E-state index in [1.807, 2.05) is 6.92 Å². The summed E-state index contributed by atoms with van der Waals surface area (Å²) in [6.07, 6.45) is 4.58. The number of benzene rings is 2. The minimum absolute atomic E-state index is 0.442. The Kier molecular flexibility index (Phi) is 5.35. The SMILES string of the molecule is CCOc1ccc2c(c1)CC(NC(CC)c1ccccc1)CC2. The number of hydrogen-bond donors (Lipinski definition) is 1. The van der Waals surface area contributed by atoms with Crippen molar-refractivity contribution < 1.29 is 4.74 Å². The van der Waals surface area contributed by atoms with Crippen LogP contribution in [0.15, 0.2) is 48.5 Å². The monoisotopic (exact) mass is 309 g/mol. The summed E-state index contributed by atoms with van der Waals surface area (Å²) in [6.45, 7) is 5.02. The third-order valence-corrected chi connectivity index (χ3v) is 4.76. The highest BCUT2D eigenvalue weighted by atomic mass is 16.5. The van der Waals surface area contributed by atoms with Crippen molar-refractivity contribution in [1.29, 1.82) is 0 Å². The molecule has 0 aliphatic heterocycles. The van der Waals surface area contributed by atoms with Crippen LogP contribution in [0.1, 0.15) is 49.4 Å². The molecular formula is C21H27NO. The van der Waals surface area contributed by atoms with Crippen LogP contribution in [0.2, 0.25) is 0 Å². The van der Waals surface area contributed by atoms with E-state index in [0.717, 1.165) is 31.6 Å². The summed E-state index contributed by atoms with van der Waals surface area (Å²) in [7, 11) is 0. The van der Waals surface area contributed by atoms with Crippen LogP contribution >= 0.6 is 0 Å². The molecule has 2 atom stereocenters. The summed E-state index contributed by atoms with van der Waals surface area (Å²) >= 11 is 0. The molecule has 0 saturated heterocycles. The Bertz CT molecular complexity index is 623. The lowest BCUT2D eigenvalue weighted by Gasteiger charge is -2.30. The molecule has 122 valence electrons. The van der Waals surface area contributed by atoms with Gasteiger partial charge in [0, 0.05) is 12.1 Å². The van der Waals surface area contributed by atoms with Crippen molar-refractivity contribution in [3.8, 4) is 5.75 Å². The van der Waals surface area contributed by atoms with E-state index in [-0.39, 0.29) is 0 Å². The molecular weight excluding hydrogens is 282 g/mol. The van der Waals surface area contributed by atoms with Crippen molar-refractivity contribution in [3.05, 3.63) is 65.2 Å². The molecule has 3 rings (SSSR count). The molecule has 23 heavy (non-hydrogen) atoms. The fourth-order valence-corrected chi connectivity index (χ4v) is 3.55. The molecule has 0 radical (unpaired) electrons. The van der Waals surface area contributed by atoms with Gasteiger partial charge in [-0.2, -0.15) is 0 Å². The van der Waals surface area contributed by atoms with Crippen molar-refractivity contribution in [2.45, 2.75) is 51.6 Å². The van der Waals surface area contributed by atoms with Crippen LogP contribution in [0, 0.1) is 0 Å². The Labute approximate surface area is 139 Å². The van der Waals surface area contributed by atoms with E-state index in [0.29, 0.717) is 12.1 Å². The summed E-state index contributed by atoms with van der Waals surface area (Å²) in [5.41, 5.74) is 4.32. The molecule has 0 spiro atoms. The van der Waals surface area contributed by atoms with Crippen LogP contribution in [0.3, 0.4) is 0 Å². The highest BCUT2D eigenvalue weighted by Gasteiger charge is 2.21. The zero-order chi connectivity index (χ0) is 16.1. The molecule has 0 heterocycles. The van der Waals surface area contributed by atoms with Gasteiger partial charge in [0.2, 0.25) is 0 Å². The van der Waals surface area contributed by atoms with Crippen molar-refractivity contribution in [2.24, 2.45) is 0 Å². The fourth-order valence-electron chi connectivity index (χ4n) is 3.55.